The summed E-state index contributed by atoms with van der Waals surface area (Å²) in [5, 5.41) is 14.4. The van der Waals surface area contributed by atoms with E-state index < -0.39 is 30.2 Å². The molecule has 9 heteroatoms. The molecule has 0 radical (unpaired) electrons. The minimum absolute atomic E-state index is 0.0698. The summed E-state index contributed by atoms with van der Waals surface area (Å²) < 4.78 is 47.6. The number of carboxylic acids is 1. The molecule has 0 aliphatic rings. The van der Waals surface area contributed by atoms with Gasteiger partial charge in [-0.2, -0.15) is 0 Å². The number of hydrogen-bond acceptors (Lipinski definition) is 4. The molecule has 0 fully saturated rings. The highest BCUT2D eigenvalue weighted by atomic mass is 19.4. The van der Waals surface area contributed by atoms with Crippen LogP contribution in [0.1, 0.15) is 33.0 Å². The van der Waals surface area contributed by atoms with Crippen LogP contribution in [0.4, 0.5) is 13.2 Å². The first-order chi connectivity index (χ1) is 20.7. The van der Waals surface area contributed by atoms with Crippen LogP contribution in [0.25, 0.3) is 10.8 Å². The number of rotatable bonds is 10. The lowest BCUT2D eigenvalue weighted by molar-refractivity contribution is -0.274. The summed E-state index contributed by atoms with van der Waals surface area (Å²) in [5.41, 5.74) is 2.08. The van der Waals surface area contributed by atoms with Gasteiger partial charge in [-0.25, -0.2) is 4.79 Å². The number of amides is 1. The molecule has 1 atom stereocenters. The van der Waals surface area contributed by atoms with Crippen LogP contribution in [-0.2, 0) is 11.4 Å². The van der Waals surface area contributed by atoms with Gasteiger partial charge in [-0.05, 0) is 40.3 Å². The van der Waals surface area contributed by atoms with Crippen LogP contribution in [0.2, 0.25) is 0 Å². The molecule has 0 aromatic heterocycles. The van der Waals surface area contributed by atoms with Gasteiger partial charge in [-0.1, -0.05) is 103 Å². The van der Waals surface area contributed by atoms with Crippen molar-refractivity contribution < 1.29 is 37.3 Å². The lowest BCUT2D eigenvalue weighted by Crippen LogP contribution is -2.45. The van der Waals surface area contributed by atoms with Gasteiger partial charge in [0, 0.05) is 11.3 Å². The SMILES string of the molecule is O=C(NC(C(=O)O)C(c1ccccc1)c1ccccc1)c1ccc2ccccc2c1OCc1ccc(OC(F)(F)F)cc1. The monoisotopic (exact) mass is 585 g/mol. The number of aliphatic carboxylic acids is 1. The van der Waals surface area contributed by atoms with Crippen LogP contribution in [0.3, 0.4) is 0 Å². The summed E-state index contributed by atoms with van der Waals surface area (Å²) in [7, 11) is 0. The zero-order valence-corrected chi connectivity index (χ0v) is 22.6. The Balaban J connectivity index is 1.46. The van der Waals surface area contributed by atoms with Crippen LogP contribution < -0.4 is 14.8 Å². The van der Waals surface area contributed by atoms with Crippen molar-refractivity contribution in [3.05, 3.63) is 144 Å². The zero-order chi connectivity index (χ0) is 30.4. The summed E-state index contributed by atoms with van der Waals surface area (Å²) >= 11 is 0. The molecule has 0 heterocycles. The van der Waals surface area contributed by atoms with E-state index in [2.05, 4.69) is 10.1 Å². The highest BCUT2D eigenvalue weighted by Crippen LogP contribution is 2.33. The molecule has 0 saturated carbocycles. The van der Waals surface area contributed by atoms with Crippen molar-refractivity contribution in [2.24, 2.45) is 0 Å². The highest BCUT2D eigenvalue weighted by molar-refractivity contribution is 6.05. The number of ether oxygens (including phenoxy) is 2. The number of alkyl halides is 3. The van der Waals surface area contributed by atoms with E-state index in [0.717, 1.165) is 5.39 Å². The van der Waals surface area contributed by atoms with Crippen molar-refractivity contribution in [3.63, 3.8) is 0 Å². The Hall–Kier alpha value is -5.31. The van der Waals surface area contributed by atoms with Crippen LogP contribution in [-0.4, -0.2) is 29.4 Å². The topological polar surface area (TPSA) is 84.9 Å². The van der Waals surface area contributed by atoms with Gasteiger partial charge in [0.2, 0.25) is 0 Å². The fraction of sp³-hybridized carbons (Fsp3) is 0.118. The van der Waals surface area contributed by atoms with E-state index in [-0.39, 0.29) is 23.7 Å². The number of fused-ring (bicyclic) bond motifs is 1. The summed E-state index contributed by atoms with van der Waals surface area (Å²) in [4.78, 5) is 26.5. The smallest absolute Gasteiger partial charge is 0.487 e. The predicted molar refractivity (Wildman–Crippen MR) is 155 cm³/mol. The van der Waals surface area contributed by atoms with Gasteiger partial charge < -0.3 is 19.9 Å². The molecule has 0 aliphatic heterocycles. The number of benzene rings is 5. The van der Waals surface area contributed by atoms with Crippen LogP contribution in [0.5, 0.6) is 11.5 Å². The minimum atomic E-state index is -4.81. The average Bonchev–Trinajstić information content (AvgIpc) is 3.00. The van der Waals surface area contributed by atoms with Crippen molar-refractivity contribution >= 4 is 22.6 Å². The molecule has 2 N–H and O–H groups in total. The third-order valence-electron chi connectivity index (χ3n) is 6.87. The summed E-state index contributed by atoms with van der Waals surface area (Å²) in [6.45, 7) is -0.0698. The molecular weight excluding hydrogens is 559 g/mol. The third-order valence-corrected chi connectivity index (χ3v) is 6.87. The van der Waals surface area contributed by atoms with Crippen LogP contribution >= 0.6 is 0 Å². The molecule has 0 bridgehead atoms. The number of carbonyl (C=O) groups excluding carboxylic acids is 1. The Bertz CT molecular complexity index is 1670. The summed E-state index contributed by atoms with van der Waals surface area (Å²) in [6.07, 6.45) is -4.81. The first-order valence-electron chi connectivity index (χ1n) is 13.3. The van der Waals surface area contributed by atoms with Crippen LogP contribution in [0.15, 0.2) is 121 Å². The molecule has 43 heavy (non-hydrogen) atoms. The fourth-order valence-electron chi connectivity index (χ4n) is 4.92. The molecule has 6 nitrogen and oxygen atoms in total. The van der Waals surface area contributed by atoms with Gasteiger partial charge >= 0.3 is 12.3 Å². The highest BCUT2D eigenvalue weighted by Gasteiger charge is 2.33. The normalized spacial score (nSPS) is 12.1. The molecule has 0 spiro atoms. The standard InChI is InChI=1S/C34H26F3NO5/c35-34(36,37)43-26-18-15-22(16-19-26)21-42-31-27-14-8-7-9-23(27)17-20-28(31)32(39)38-30(33(40)41)29(24-10-3-1-4-11-24)25-12-5-2-6-13-25/h1-20,29-30H,21H2,(H,38,39)(H,40,41). The second kappa shape index (κ2) is 12.7. The van der Waals surface area contributed by atoms with Crippen LogP contribution in [0, 0.1) is 0 Å². The Labute approximate surface area is 245 Å². The number of carboxylic acid groups (broad SMARTS) is 1. The average molecular weight is 586 g/mol. The lowest BCUT2D eigenvalue weighted by Gasteiger charge is -2.26. The van der Waals surface area contributed by atoms with Crippen molar-refractivity contribution in [2.45, 2.75) is 24.9 Å². The molecule has 1 amide bonds. The van der Waals surface area contributed by atoms with E-state index in [4.69, 9.17) is 4.74 Å². The van der Waals surface area contributed by atoms with Gasteiger partial charge in [0.05, 0.1) is 5.56 Å². The number of carbonyl (C=O) groups is 2. The van der Waals surface area contributed by atoms with Gasteiger partial charge in [0.1, 0.15) is 24.1 Å². The van der Waals surface area contributed by atoms with E-state index in [9.17, 15) is 27.9 Å². The zero-order valence-electron chi connectivity index (χ0n) is 22.6. The molecule has 5 aromatic carbocycles. The molecule has 218 valence electrons. The van der Waals surface area contributed by atoms with Crippen molar-refractivity contribution in [3.8, 4) is 11.5 Å². The van der Waals surface area contributed by atoms with Gasteiger partial charge in [0.25, 0.3) is 5.91 Å². The van der Waals surface area contributed by atoms with Gasteiger partial charge in [-0.3, -0.25) is 4.79 Å². The first kappa shape index (κ1) is 29.2. The van der Waals surface area contributed by atoms with E-state index in [1.807, 2.05) is 72.8 Å². The fourth-order valence-corrected chi connectivity index (χ4v) is 4.92. The molecule has 0 saturated heterocycles. The maximum Gasteiger partial charge on any atom is 0.573 e. The number of halogens is 3. The van der Waals surface area contributed by atoms with Gasteiger partial charge in [-0.15, -0.1) is 13.2 Å². The first-order valence-corrected chi connectivity index (χ1v) is 13.3. The minimum Gasteiger partial charge on any atom is -0.487 e. The van der Waals surface area contributed by atoms with Crippen molar-refractivity contribution in [1.29, 1.82) is 0 Å². The van der Waals surface area contributed by atoms with E-state index >= 15 is 0 Å². The Morgan fingerprint density at radius 3 is 1.91 bits per heavy atom. The largest absolute Gasteiger partial charge is 0.573 e. The molecule has 5 rings (SSSR count). The maximum atomic E-state index is 13.8. The number of nitrogens with one attached hydrogen (secondary N) is 1. The third kappa shape index (κ3) is 7.13. The predicted octanol–water partition coefficient (Wildman–Crippen LogP) is 7.33. The Morgan fingerprint density at radius 2 is 1.33 bits per heavy atom. The second-order valence-corrected chi connectivity index (χ2v) is 9.73. The molecule has 0 aliphatic carbocycles. The Kier molecular flexibility index (Phi) is 8.61. The van der Waals surface area contributed by atoms with Crippen molar-refractivity contribution in [2.75, 3.05) is 0 Å². The van der Waals surface area contributed by atoms with Gasteiger partial charge in [0.15, 0.2) is 0 Å². The lowest BCUT2D eigenvalue weighted by atomic mass is 9.84. The summed E-state index contributed by atoms with van der Waals surface area (Å²) in [5.74, 6) is -2.71. The van der Waals surface area contributed by atoms with Crippen molar-refractivity contribution in [1.82, 2.24) is 5.32 Å². The van der Waals surface area contributed by atoms with E-state index in [1.54, 1.807) is 24.3 Å². The maximum absolute atomic E-state index is 13.8. The van der Waals surface area contributed by atoms with E-state index in [1.165, 1.54) is 24.3 Å². The second-order valence-electron chi connectivity index (χ2n) is 9.73. The summed E-state index contributed by atoms with van der Waals surface area (Å²) in [6, 6.07) is 32.6. The molecule has 5 aromatic rings. The molecule has 1 unspecified atom stereocenters. The molecular formula is C34H26F3NO5. The van der Waals surface area contributed by atoms with E-state index in [0.29, 0.717) is 22.1 Å². The quantitative estimate of drug-likeness (QED) is 0.179. The Morgan fingerprint density at radius 1 is 0.744 bits per heavy atom. The number of hydrogen-bond donors (Lipinski definition) is 2.